The summed E-state index contributed by atoms with van der Waals surface area (Å²) in [6, 6.07) is 4.70. The molecule has 0 aromatic heterocycles. The summed E-state index contributed by atoms with van der Waals surface area (Å²) in [6.45, 7) is 0. The molecular formula is C7H4N3O2. The van der Waals surface area contributed by atoms with Gasteiger partial charge in [0.25, 0.3) is 5.69 Å². The van der Waals surface area contributed by atoms with Crippen LogP contribution < -0.4 is 5.32 Å². The largest absolute Gasteiger partial charge is 0.297 e. The van der Waals surface area contributed by atoms with Crippen molar-refractivity contribution in [3.05, 3.63) is 28.3 Å². The summed E-state index contributed by atoms with van der Waals surface area (Å²) in [7, 11) is 0. The molecule has 1 radical (unpaired) electrons. The Balaban J connectivity index is 2.63. The van der Waals surface area contributed by atoms with Gasteiger partial charge in [0.1, 0.15) is 6.34 Å². The molecule has 2 rings (SSSR count). The molecule has 1 aromatic rings. The molecule has 59 valence electrons. The lowest BCUT2D eigenvalue weighted by atomic mass is 10.2. The van der Waals surface area contributed by atoms with Crippen molar-refractivity contribution >= 4 is 23.4 Å². The SMILES string of the molecule is O=[N+]([O-])c1cccc2c1N=C[N]2. The van der Waals surface area contributed by atoms with Gasteiger partial charge in [0.15, 0.2) is 5.69 Å². The molecule has 12 heavy (non-hydrogen) atoms. The maximum atomic E-state index is 10.5. The minimum Gasteiger partial charge on any atom is -0.258 e. The topological polar surface area (TPSA) is 69.6 Å². The van der Waals surface area contributed by atoms with Gasteiger partial charge in [-0.05, 0) is 6.07 Å². The number of hydrogen-bond acceptors (Lipinski definition) is 3. The molecule has 0 atom stereocenters. The van der Waals surface area contributed by atoms with Gasteiger partial charge >= 0.3 is 0 Å². The fourth-order valence-corrected chi connectivity index (χ4v) is 1.05. The number of para-hydroxylation sites is 1. The number of fused-ring (bicyclic) bond motifs is 1. The second-order valence-corrected chi connectivity index (χ2v) is 2.28. The third-order valence-corrected chi connectivity index (χ3v) is 1.57. The number of benzene rings is 1. The van der Waals surface area contributed by atoms with E-state index < -0.39 is 4.92 Å². The molecule has 1 aromatic carbocycles. The molecule has 0 saturated carbocycles. The predicted molar refractivity (Wildman–Crippen MR) is 43.0 cm³/mol. The molecule has 0 spiro atoms. The molecule has 0 aliphatic carbocycles. The van der Waals surface area contributed by atoms with Gasteiger partial charge in [-0.3, -0.25) is 10.1 Å². The highest BCUT2D eigenvalue weighted by atomic mass is 16.6. The van der Waals surface area contributed by atoms with Crippen molar-refractivity contribution in [2.45, 2.75) is 0 Å². The van der Waals surface area contributed by atoms with E-state index >= 15 is 0 Å². The van der Waals surface area contributed by atoms with Crippen LogP contribution >= 0.6 is 0 Å². The fraction of sp³-hybridized carbons (Fsp3) is 0. The van der Waals surface area contributed by atoms with Crippen LogP contribution in [-0.2, 0) is 0 Å². The Morgan fingerprint density at radius 2 is 2.25 bits per heavy atom. The molecule has 5 heteroatoms. The quantitative estimate of drug-likeness (QED) is 0.463. The second-order valence-electron chi connectivity index (χ2n) is 2.28. The van der Waals surface area contributed by atoms with Gasteiger partial charge in [0.2, 0.25) is 0 Å². The van der Waals surface area contributed by atoms with E-state index in [1.807, 2.05) is 0 Å². The molecule has 5 nitrogen and oxygen atoms in total. The van der Waals surface area contributed by atoms with E-state index in [0.29, 0.717) is 11.4 Å². The summed E-state index contributed by atoms with van der Waals surface area (Å²) < 4.78 is 0. The van der Waals surface area contributed by atoms with E-state index in [1.165, 1.54) is 12.4 Å². The molecule has 0 amide bonds. The highest BCUT2D eigenvalue weighted by Crippen LogP contribution is 2.36. The van der Waals surface area contributed by atoms with Crippen molar-refractivity contribution in [2.75, 3.05) is 0 Å². The predicted octanol–water partition coefficient (Wildman–Crippen LogP) is 1.50. The van der Waals surface area contributed by atoms with Gasteiger partial charge in [-0.15, -0.1) is 0 Å². The highest BCUT2D eigenvalue weighted by Gasteiger charge is 2.19. The molecule has 0 N–H and O–H groups in total. The minimum atomic E-state index is -0.461. The molecule has 0 fully saturated rings. The van der Waals surface area contributed by atoms with Gasteiger partial charge < -0.3 is 0 Å². The van der Waals surface area contributed by atoms with Gasteiger partial charge in [0.05, 0.1) is 10.6 Å². The number of hydrogen-bond donors (Lipinski definition) is 0. The smallest absolute Gasteiger partial charge is 0.258 e. The Kier molecular flexibility index (Phi) is 1.30. The minimum absolute atomic E-state index is 0.00463. The van der Waals surface area contributed by atoms with Crippen LogP contribution in [0.5, 0.6) is 0 Å². The number of nitro benzene ring substituents is 1. The molecule has 0 saturated heterocycles. The first kappa shape index (κ1) is 6.78. The summed E-state index contributed by atoms with van der Waals surface area (Å²) in [6.07, 6.45) is 1.32. The Morgan fingerprint density at radius 3 is 3.00 bits per heavy atom. The zero-order chi connectivity index (χ0) is 8.55. The molecular weight excluding hydrogens is 158 g/mol. The summed E-state index contributed by atoms with van der Waals surface area (Å²) in [5.41, 5.74) is 0.914. The third-order valence-electron chi connectivity index (χ3n) is 1.57. The Morgan fingerprint density at radius 1 is 1.42 bits per heavy atom. The van der Waals surface area contributed by atoms with Gasteiger partial charge in [-0.1, -0.05) is 6.07 Å². The lowest BCUT2D eigenvalue weighted by Gasteiger charge is -1.95. The van der Waals surface area contributed by atoms with E-state index in [9.17, 15) is 10.1 Å². The molecule has 1 aliphatic heterocycles. The molecule has 1 aliphatic rings. The third kappa shape index (κ3) is 0.833. The number of rotatable bonds is 1. The van der Waals surface area contributed by atoms with E-state index in [4.69, 9.17) is 0 Å². The van der Waals surface area contributed by atoms with Crippen LogP contribution in [0.25, 0.3) is 0 Å². The van der Waals surface area contributed by atoms with E-state index in [0.717, 1.165) is 0 Å². The Hall–Kier alpha value is -1.91. The zero-order valence-electron chi connectivity index (χ0n) is 5.97. The molecule has 1 heterocycles. The van der Waals surface area contributed by atoms with Crippen molar-refractivity contribution in [1.29, 1.82) is 0 Å². The van der Waals surface area contributed by atoms with Crippen molar-refractivity contribution < 1.29 is 4.92 Å². The van der Waals surface area contributed by atoms with Crippen LogP contribution in [0.3, 0.4) is 0 Å². The highest BCUT2D eigenvalue weighted by molar-refractivity contribution is 5.86. The standard InChI is InChI=1S/C7H4N3O2/c11-10(12)6-3-1-2-5-7(6)9-4-8-5/h1-4H. The maximum absolute atomic E-state index is 10.5. The van der Waals surface area contributed by atoms with Crippen molar-refractivity contribution in [3.63, 3.8) is 0 Å². The summed E-state index contributed by atoms with van der Waals surface area (Å²) in [5, 5.41) is 14.3. The number of aliphatic imine (C=N–C) groups is 1. The fourth-order valence-electron chi connectivity index (χ4n) is 1.05. The molecule has 0 bridgehead atoms. The summed E-state index contributed by atoms with van der Waals surface area (Å²) in [4.78, 5) is 13.8. The van der Waals surface area contributed by atoms with E-state index in [-0.39, 0.29) is 5.69 Å². The van der Waals surface area contributed by atoms with Crippen LogP contribution in [0.2, 0.25) is 0 Å². The first-order valence-corrected chi connectivity index (χ1v) is 3.30. The average Bonchev–Trinajstić information content (AvgIpc) is 2.49. The zero-order valence-corrected chi connectivity index (χ0v) is 5.97. The van der Waals surface area contributed by atoms with Crippen molar-refractivity contribution in [2.24, 2.45) is 4.99 Å². The van der Waals surface area contributed by atoms with Crippen LogP contribution in [-0.4, -0.2) is 11.3 Å². The monoisotopic (exact) mass is 162 g/mol. The van der Waals surface area contributed by atoms with Gasteiger partial charge in [-0.25, -0.2) is 10.3 Å². The average molecular weight is 162 g/mol. The van der Waals surface area contributed by atoms with Gasteiger partial charge in [-0.2, -0.15) is 0 Å². The van der Waals surface area contributed by atoms with Gasteiger partial charge in [0, 0.05) is 6.07 Å². The number of nitrogens with zero attached hydrogens (tertiary/aromatic N) is 3. The van der Waals surface area contributed by atoms with E-state index in [2.05, 4.69) is 10.3 Å². The lowest BCUT2D eigenvalue weighted by molar-refractivity contribution is -0.384. The maximum Gasteiger partial charge on any atom is 0.297 e. The Labute approximate surface area is 67.9 Å². The van der Waals surface area contributed by atoms with Crippen molar-refractivity contribution in [1.82, 2.24) is 5.32 Å². The lowest BCUT2D eigenvalue weighted by Crippen LogP contribution is -1.89. The van der Waals surface area contributed by atoms with Crippen LogP contribution in [0.1, 0.15) is 0 Å². The van der Waals surface area contributed by atoms with Crippen molar-refractivity contribution in [3.8, 4) is 0 Å². The molecule has 0 unspecified atom stereocenters. The first-order valence-electron chi connectivity index (χ1n) is 3.30. The summed E-state index contributed by atoms with van der Waals surface area (Å²) >= 11 is 0. The Bertz CT molecular complexity index is 373. The first-order chi connectivity index (χ1) is 5.79. The second kappa shape index (κ2) is 2.30. The van der Waals surface area contributed by atoms with E-state index in [1.54, 1.807) is 12.1 Å². The normalized spacial score (nSPS) is 12.3. The number of nitro groups is 1. The van der Waals surface area contributed by atoms with Crippen LogP contribution in [0, 0.1) is 10.1 Å². The van der Waals surface area contributed by atoms with Crippen LogP contribution in [0.4, 0.5) is 17.1 Å². The van der Waals surface area contributed by atoms with Crippen LogP contribution in [0.15, 0.2) is 23.2 Å². The summed E-state index contributed by atoms with van der Waals surface area (Å²) in [5.74, 6) is 0.